The second-order valence-corrected chi connectivity index (χ2v) is 6.22. The molecular formula is C18H25N3O2. The first-order valence-corrected chi connectivity index (χ1v) is 8.49. The van der Waals surface area contributed by atoms with E-state index in [0.29, 0.717) is 19.5 Å². The molecule has 1 saturated heterocycles. The van der Waals surface area contributed by atoms with Gasteiger partial charge in [-0.1, -0.05) is 17.7 Å². The summed E-state index contributed by atoms with van der Waals surface area (Å²) in [6, 6.07) is 5.83. The van der Waals surface area contributed by atoms with Crippen molar-refractivity contribution in [2.45, 2.75) is 38.3 Å². The normalized spacial score (nSPS) is 21.0. The van der Waals surface area contributed by atoms with Crippen LogP contribution < -0.4 is 5.32 Å². The molecule has 5 heteroatoms. The van der Waals surface area contributed by atoms with E-state index in [1.54, 1.807) is 6.20 Å². The average Bonchev–Trinajstić information content (AvgIpc) is 3.09. The number of rotatable bonds is 6. The summed E-state index contributed by atoms with van der Waals surface area (Å²) in [5, 5.41) is 3.28. The molecule has 23 heavy (non-hydrogen) atoms. The number of pyridine rings is 1. The van der Waals surface area contributed by atoms with Crippen molar-refractivity contribution in [2.75, 3.05) is 26.2 Å². The van der Waals surface area contributed by atoms with E-state index < -0.39 is 0 Å². The van der Waals surface area contributed by atoms with E-state index in [2.05, 4.69) is 16.4 Å². The summed E-state index contributed by atoms with van der Waals surface area (Å²) >= 11 is 0. The van der Waals surface area contributed by atoms with Gasteiger partial charge in [0.1, 0.15) is 0 Å². The number of carbonyl (C=O) groups is 1. The lowest BCUT2D eigenvalue weighted by molar-refractivity contribution is -0.132. The molecule has 124 valence electrons. The topological polar surface area (TPSA) is 54.5 Å². The quantitative estimate of drug-likeness (QED) is 0.815. The van der Waals surface area contributed by atoms with E-state index in [1.807, 2.05) is 23.1 Å². The van der Waals surface area contributed by atoms with Gasteiger partial charge in [-0.05, 0) is 37.9 Å². The van der Waals surface area contributed by atoms with Gasteiger partial charge in [-0.3, -0.25) is 9.78 Å². The lowest BCUT2D eigenvalue weighted by Gasteiger charge is -2.26. The van der Waals surface area contributed by atoms with Crippen LogP contribution in [0, 0.1) is 0 Å². The van der Waals surface area contributed by atoms with Crippen LogP contribution in [0.5, 0.6) is 0 Å². The first-order valence-electron chi connectivity index (χ1n) is 8.49. The fraction of sp³-hybridized carbons (Fsp3) is 0.556. The zero-order valence-electron chi connectivity index (χ0n) is 13.5. The largest absolute Gasteiger partial charge is 0.376 e. The standard InChI is InChI=1S/C18H25N3O2/c22-18(12-15-6-9-19-10-7-15)21(14-17-5-3-11-23-17)13-16-4-1-2-8-20-16/h1-2,4,6,8,17,19H,3,5,7,9-14H2. The molecule has 0 aliphatic carbocycles. The lowest BCUT2D eigenvalue weighted by atomic mass is 10.0. The predicted molar refractivity (Wildman–Crippen MR) is 88.8 cm³/mol. The fourth-order valence-corrected chi connectivity index (χ4v) is 3.11. The van der Waals surface area contributed by atoms with Crippen LogP contribution in [-0.4, -0.2) is 48.1 Å². The molecule has 1 aromatic heterocycles. The summed E-state index contributed by atoms with van der Waals surface area (Å²) < 4.78 is 5.72. The van der Waals surface area contributed by atoms with E-state index in [0.717, 1.165) is 44.7 Å². The number of nitrogens with one attached hydrogen (secondary N) is 1. The van der Waals surface area contributed by atoms with Crippen molar-refractivity contribution in [2.24, 2.45) is 0 Å². The van der Waals surface area contributed by atoms with Gasteiger partial charge in [0.25, 0.3) is 0 Å². The summed E-state index contributed by atoms with van der Waals surface area (Å²) in [6.45, 7) is 3.87. The molecule has 0 spiro atoms. The molecule has 5 nitrogen and oxygen atoms in total. The molecule has 1 atom stereocenters. The van der Waals surface area contributed by atoms with E-state index in [4.69, 9.17) is 4.74 Å². The van der Waals surface area contributed by atoms with Crippen LogP contribution in [0.1, 0.15) is 31.4 Å². The molecule has 1 unspecified atom stereocenters. The molecular weight excluding hydrogens is 290 g/mol. The highest BCUT2D eigenvalue weighted by Gasteiger charge is 2.23. The van der Waals surface area contributed by atoms with Crippen molar-refractivity contribution in [3.8, 4) is 0 Å². The van der Waals surface area contributed by atoms with E-state index >= 15 is 0 Å². The second kappa shape index (κ2) is 8.22. The Morgan fingerprint density at radius 1 is 1.43 bits per heavy atom. The lowest BCUT2D eigenvalue weighted by Crippen LogP contribution is -2.37. The molecule has 1 aromatic rings. The molecule has 1 N–H and O–H groups in total. The van der Waals surface area contributed by atoms with Crippen LogP contribution in [0.15, 0.2) is 36.0 Å². The van der Waals surface area contributed by atoms with E-state index in [9.17, 15) is 4.79 Å². The third kappa shape index (κ3) is 4.88. The zero-order valence-corrected chi connectivity index (χ0v) is 13.5. The molecule has 3 heterocycles. The maximum Gasteiger partial charge on any atom is 0.227 e. The third-order valence-electron chi connectivity index (χ3n) is 4.42. The van der Waals surface area contributed by atoms with Crippen molar-refractivity contribution >= 4 is 5.91 Å². The first-order chi connectivity index (χ1) is 11.3. The number of carbonyl (C=O) groups excluding carboxylic acids is 1. The van der Waals surface area contributed by atoms with Crippen LogP contribution in [-0.2, 0) is 16.1 Å². The second-order valence-electron chi connectivity index (χ2n) is 6.22. The van der Waals surface area contributed by atoms with E-state index in [1.165, 1.54) is 5.57 Å². The summed E-state index contributed by atoms with van der Waals surface area (Å²) in [5.41, 5.74) is 2.17. The Kier molecular flexibility index (Phi) is 5.77. The van der Waals surface area contributed by atoms with Crippen LogP contribution in [0.2, 0.25) is 0 Å². The van der Waals surface area contributed by atoms with Gasteiger partial charge in [-0.2, -0.15) is 0 Å². The van der Waals surface area contributed by atoms with Gasteiger partial charge in [0.15, 0.2) is 0 Å². The van der Waals surface area contributed by atoms with Crippen molar-refractivity contribution in [3.63, 3.8) is 0 Å². The molecule has 3 rings (SSSR count). The van der Waals surface area contributed by atoms with Crippen LogP contribution in [0.25, 0.3) is 0 Å². The number of nitrogens with zero attached hydrogens (tertiary/aromatic N) is 2. The van der Waals surface area contributed by atoms with Gasteiger partial charge in [0.2, 0.25) is 5.91 Å². The third-order valence-corrected chi connectivity index (χ3v) is 4.42. The fourth-order valence-electron chi connectivity index (χ4n) is 3.11. The smallest absolute Gasteiger partial charge is 0.227 e. The number of hydrogen-bond acceptors (Lipinski definition) is 4. The average molecular weight is 315 g/mol. The van der Waals surface area contributed by atoms with Gasteiger partial charge in [0, 0.05) is 32.3 Å². The molecule has 0 bridgehead atoms. The van der Waals surface area contributed by atoms with Gasteiger partial charge in [-0.25, -0.2) is 0 Å². The number of hydrogen-bond donors (Lipinski definition) is 1. The monoisotopic (exact) mass is 315 g/mol. The number of aromatic nitrogens is 1. The highest BCUT2D eigenvalue weighted by Crippen LogP contribution is 2.18. The summed E-state index contributed by atoms with van der Waals surface area (Å²) in [7, 11) is 0. The molecule has 1 fully saturated rings. The Morgan fingerprint density at radius 2 is 2.39 bits per heavy atom. The minimum atomic E-state index is 0.171. The summed E-state index contributed by atoms with van der Waals surface area (Å²) in [6.07, 6.45) is 7.70. The SMILES string of the molecule is O=C(CC1=CCNCC1)N(Cc1ccccn1)CC1CCCO1. The van der Waals surface area contributed by atoms with Gasteiger partial charge < -0.3 is 15.0 Å². The minimum Gasteiger partial charge on any atom is -0.376 e. The highest BCUT2D eigenvalue weighted by molar-refractivity contribution is 5.78. The Labute approximate surface area is 137 Å². The van der Waals surface area contributed by atoms with Crippen LogP contribution in [0.3, 0.4) is 0 Å². The van der Waals surface area contributed by atoms with Gasteiger partial charge in [0.05, 0.1) is 18.3 Å². The molecule has 2 aliphatic rings. The molecule has 0 aromatic carbocycles. The van der Waals surface area contributed by atoms with Crippen LogP contribution in [0.4, 0.5) is 0 Å². The highest BCUT2D eigenvalue weighted by atomic mass is 16.5. The Morgan fingerprint density at radius 3 is 3.09 bits per heavy atom. The Balaban J connectivity index is 1.65. The van der Waals surface area contributed by atoms with E-state index in [-0.39, 0.29) is 12.0 Å². The maximum atomic E-state index is 12.8. The Hall–Kier alpha value is -1.72. The molecule has 0 radical (unpaired) electrons. The predicted octanol–water partition coefficient (Wildman–Crippen LogP) is 1.90. The van der Waals surface area contributed by atoms with Crippen molar-refractivity contribution in [1.82, 2.24) is 15.2 Å². The van der Waals surface area contributed by atoms with Crippen LogP contribution >= 0.6 is 0 Å². The number of ether oxygens (including phenoxy) is 1. The zero-order chi connectivity index (χ0) is 15.9. The van der Waals surface area contributed by atoms with Gasteiger partial charge in [-0.15, -0.1) is 0 Å². The Bertz CT molecular complexity index is 538. The van der Waals surface area contributed by atoms with Gasteiger partial charge >= 0.3 is 0 Å². The summed E-state index contributed by atoms with van der Waals surface area (Å²) in [5.74, 6) is 0.180. The molecule has 2 aliphatic heterocycles. The van der Waals surface area contributed by atoms with Crippen molar-refractivity contribution < 1.29 is 9.53 Å². The summed E-state index contributed by atoms with van der Waals surface area (Å²) in [4.78, 5) is 19.1. The maximum absolute atomic E-state index is 12.8. The molecule has 1 amide bonds. The molecule has 0 saturated carbocycles. The number of amides is 1. The van der Waals surface area contributed by atoms with Crippen molar-refractivity contribution in [1.29, 1.82) is 0 Å². The minimum absolute atomic E-state index is 0.171. The first kappa shape index (κ1) is 16.1. The van der Waals surface area contributed by atoms with Crippen molar-refractivity contribution in [3.05, 3.63) is 41.7 Å².